The predicted molar refractivity (Wildman–Crippen MR) is 111 cm³/mol. The summed E-state index contributed by atoms with van der Waals surface area (Å²) in [7, 11) is 0. The molecule has 0 radical (unpaired) electrons. The van der Waals surface area contributed by atoms with E-state index in [1.165, 1.54) is 18.6 Å². The van der Waals surface area contributed by atoms with Crippen LogP contribution in [0.4, 0.5) is 26.2 Å². The minimum absolute atomic E-state index is 0.0376. The number of hydrogen-bond acceptors (Lipinski definition) is 7. The second-order valence-electron chi connectivity index (χ2n) is 8.63. The van der Waals surface area contributed by atoms with Gasteiger partial charge in [0.1, 0.15) is 12.0 Å². The lowest BCUT2D eigenvalue weighted by Crippen LogP contribution is -2.53. The molecule has 5 rings (SSSR count). The van der Waals surface area contributed by atoms with Gasteiger partial charge in [0.25, 0.3) is 0 Å². The summed E-state index contributed by atoms with van der Waals surface area (Å²) in [6, 6.07) is 0.511. The Morgan fingerprint density at radius 3 is 2.63 bits per heavy atom. The molecule has 1 aliphatic heterocycles. The monoisotopic (exact) mass is 418 g/mol. The quantitative estimate of drug-likeness (QED) is 0.584. The van der Waals surface area contributed by atoms with E-state index in [0.29, 0.717) is 24.8 Å². The van der Waals surface area contributed by atoms with E-state index in [2.05, 4.69) is 25.8 Å². The molecule has 1 aromatic rings. The van der Waals surface area contributed by atoms with Gasteiger partial charge in [-0.3, -0.25) is 0 Å². The highest BCUT2D eigenvalue weighted by Gasteiger charge is 2.39. The van der Waals surface area contributed by atoms with Crippen molar-refractivity contribution in [2.24, 2.45) is 0 Å². The molecule has 7 nitrogen and oxygen atoms in total. The molecule has 0 bridgehead atoms. The van der Waals surface area contributed by atoms with Gasteiger partial charge in [0, 0.05) is 18.5 Å². The molecule has 162 valence electrons. The second-order valence-corrected chi connectivity index (χ2v) is 8.63. The lowest BCUT2D eigenvalue weighted by atomic mass is 9.92. The van der Waals surface area contributed by atoms with Gasteiger partial charge in [0.15, 0.2) is 12.1 Å². The molecule has 3 aliphatic carbocycles. The van der Waals surface area contributed by atoms with Gasteiger partial charge in [-0.2, -0.15) is 4.98 Å². The zero-order chi connectivity index (χ0) is 20.7. The Labute approximate surface area is 174 Å². The molecule has 2 unspecified atom stereocenters. The number of aliphatic hydroxyl groups is 1. The molecule has 9 heteroatoms. The van der Waals surface area contributed by atoms with Crippen LogP contribution in [0.15, 0.2) is 29.9 Å². The Hall–Kier alpha value is -2.42. The van der Waals surface area contributed by atoms with Crippen LogP contribution in [0.3, 0.4) is 0 Å². The Kier molecular flexibility index (Phi) is 5.22. The Balaban J connectivity index is 1.43. The number of hydrogen-bond donors (Lipinski definition) is 4. The number of nitrogens with one attached hydrogen (secondary N) is 3. The van der Waals surface area contributed by atoms with Crippen molar-refractivity contribution in [1.29, 1.82) is 0 Å². The summed E-state index contributed by atoms with van der Waals surface area (Å²) in [6.07, 6.45) is 8.90. The normalized spacial score (nSPS) is 31.2. The molecule has 0 amide bonds. The third-order valence-corrected chi connectivity index (χ3v) is 6.55. The van der Waals surface area contributed by atoms with Crippen LogP contribution < -0.4 is 20.9 Å². The van der Waals surface area contributed by atoms with Gasteiger partial charge in [-0.15, -0.1) is 0 Å². The summed E-state index contributed by atoms with van der Waals surface area (Å²) in [5.74, 6) is 0.730. The Morgan fingerprint density at radius 1 is 1.13 bits per heavy atom. The van der Waals surface area contributed by atoms with E-state index in [4.69, 9.17) is 4.98 Å². The van der Waals surface area contributed by atoms with E-state index in [0.717, 1.165) is 37.2 Å². The fourth-order valence-electron chi connectivity index (χ4n) is 4.60. The van der Waals surface area contributed by atoms with E-state index in [-0.39, 0.29) is 24.3 Å². The predicted octanol–water partition coefficient (Wildman–Crippen LogP) is 3.33. The first-order valence-corrected chi connectivity index (χ1v) is 10.9. The third kappa shape index (κ3) is 3.71. The molecule has 2 fully saturated rings. The molecule has 2 heterocycles. The number of rotatable bonds is 5. The summed E-state index contributed by atoms with van der Waals surface area (Å²) in [6.45, 7) is 0. The van der Waals surface area contributed by atoms with Gasteiger partial charge in [-0.1, -0.05) is 6.08 Å². The summed E-state index contributed by atoms with van der Waals surface area (Å²) in [5.41, 5.74) is 0.699. The Bertz CT molecular complexity index is 850. The summed E-state index contributed by atoms with van der Waals surface area (Å²) in [4.78, 5) is 11.2. The lowest BCUT2D eigenvalue weighted by Gasteiger charge is -2.38. The maximum absolute atomic E-state index is 14.4. The molecule has 1 aromatic heterocycles. The van der Waals surface area contributed by atoms with Crippen LogP contribution in [0.5, 0.6) is 0 Å². The Morgan fingerprint density at radius 2 is 1.93 bits per heavy atom. The SMILES string of the molecule is OC1CCC(N2c3nc(NC4CCC4)ncc3NC2NC2=C(F)C=CCC2F)CC1. The van der Waals surface area contributed by atoms with Gasteiger partial charge < -0.3 is 26.0 Å². The standard InChI is InChI=1S/C21H28F2N6O/c22-15-5-2-6-16(23)18(15)27-21-26-17-11-24-20(25-12-3-1-4-12)28-19(17)29(21)13-7-9-14(30)10-8-13/h2,5,11-14,16,21,26-27,30H,1,3-4,6-10H2,(H,24,25,28). The average molecular weight is 418 g/mol. The second kappa shape index (κ2) is 8.02. The van der Waals surface area contributed by atoms with Crippen molar-refractivity contribution in [1.82, 2.24) is 15.3 Å². The molecule has 30 heavy (non-hydrogen) atoms. The van der Waals surface area contributed by atoms with Gasteiger partial charge in [-0.25, -0.2) is 13.8 Å². The minimum atomic E-state index is -1.41. The zero-order valence-corrected chi connectivity index (χ0v) is 16.8. The maximum Gasteiger partial charge on any atom is 0.224 e. The van der Waals surface area contributed by atoms with E-state index in [9.17, 15) is 13.9 Å². The lowest BCUT2D eigenvalue weighted by molar-refractivity contribution is 0.120. The van der Waals surface area contributed by atoms with E-state index in [1.54, 1.807) is 6.20 Å². The van der Waals surface area contributed by atoms with Gasteiger partial charge >= 0.3 is 0 Å². The maximum atomic E-state index is 14.4. The number of allylic oxidation sites excluding steroid dienone is 4. The van der Waals surface area contributed by atoms with Crippen molar-refractivity contribution in [3.8, 4) is 0 Å². The number of anilines is 3. The molecule has 4 N–H and O–H groups in total. The van der Waals surface area contributed by atoms with Crippen LogP contribution in [0.1, 0.15) is 51.4 Å². The van der Waals surface area contributed by atoms with E-state index in [1.807, 2.05) is 0 Å². The highest BCUT2D eigenvalue weighted by atomic mass is 19.1. The van der Waals surface area contributed by atoms with Gasteiger partial charge in [0.2, 0.25) is 5.95 Å². The van der Waals surface area contributed by atoms with Crippen molar-refractivity contribution in [3.05, 3.63) is 29.9 Å². The van der Waals surface area contributed by atoms with Crippen LogP contribution >= 0.6 is 0 Å². The number of alkyl halides is 1. The molecule has 0 spiro atoms. The molecule has 0 saturated heterocycles. The van der Waals surface area contributed by atoms with Crippen LogP contribution in [0, 0.1) is 0 Å². The van der Waals surface area contributed by atoms with Crippen molar-refractivity contribution in [2.75, 3.05) is 15.5 Å². The topological polar surface area (TPSA) is 85.3 Å². The first kappa shape index (κ1) is 19.5. The number of aliphatic hydroxyl groups excluding tert-OH is 1. The first-order valence-electron chi connectivity index (χ1n) is 10.9. The molecular formula is C21H28F2N6O. The fraction of sp³-hybridized carbons (Fsp3) is 0.619. The number of nitrogens with zero attached hydrogens (tertiary/aromatic N) is 3. The van der Waals surface area contributed by atoms with Gasteiger partial charge in [-0.05, 0) is 51.0 Å². The van der Waals surface area contributed by atoms with Gasteiger partial charge in [0.05, 0.1) is 23.7 Å². The highest BCUT2D eigenvalue weighted by molar-refractivity contribution is 5.73. The van der Waals surface area contributed by atoms with Crippen molar-refractivity contribution in [3.63, 3.8) is 0 Å². The zero-order valence-electron chi connectivity index (χ0n) is 16.8. The molecule has 4 aliphatic rings. The fourth-order valence-corrected chi connectivity index (χ4v) is 4.60. The summed E-state index contributed by atoms with van der Waals surface area (Å²) in [5, 5.41) is 19.7. The number of halogens is 2. The summed E-state index contributed by atoms with van der Waals surface area (Å²) < 4.78 is 28.8. The summed E-state index contributed by atoms with van der Waals surface area (Å²) >= 11 is 0. The van der Waals surface area contributed by atoms with Crippen LogP contribution in [0.2, 0.25) is 0 Å². The first-order chi connectivity index (χ1) is 14.6. The van der Waals surface area contributed by atoms with Crippen LogP contribution in [0.25, 0.3) is 0 Å². The van der Waals surface area contributed by atoms with Crippen LogP contribution in [-0.4, -0.2) is 45.7 Å². The number of aromatic nitrogens is 2. The van der Waals surface area contributed by atoms with Crippen LogP contribution in [-0.2, 0) is 0 Å². The third-order valence-electron chi connectivity index (χ3n) is 6.55. The highest BCUT2D eigenvalue weighted by Crippen LogP contribution is 2.38. The molecule has 0 aromatic carbocycles. The smallest absolute Gasteiger partial charge is 0.224 e. The van der Waals surface area contributed by atoms with Crippen molar-refractivity contribution in [2.45, 2.75) is 82.0 Å². The van der Waals surface area contributed by atoms with E-state index >= 15 is 0 Å². The van der Waals surface area contributed by atoms with Crippen molar-refractivity contribution < 1.29 is 13.9 Å². The molecule has 2 atom stereocenters. The molecule has 2 saturated carbocycles. The minimum Gasteiger partial charge on any atom is -0.393 e. The largest absolute Gasteiger partial charge is 0.393 e. The average Bonchev–Trinajstić information content (AvgIpc) is 3.06. The van der Waals surface area contributed by atoms with E-state index < -0.39 is 18.3 Å². The number of fused-ring (bicyclic) bond motifs is 1. The van der Waals surface area contributed by atoms with Crippen molar-refractivity contribution >= 4 is 17.5 Å². The molecular weight excluding hydrogens is 390 g/mol.